The molecule has 1 aliphatic rings. The molecule has 0 radical (unpaired) electrons. The summed E-state index contributed by atoms with van der Waals surface area (Å²) in [4.78, 5) is 0. The number of thioether (sulfide) groups is 1. The first-order valence-corrected chi connectivity index (χ1v) is 8.23. The quantitative estimate of drug-likeness (QED) is 0.902. The highest BCUT2D eigenvalue weighted by atomic mass is 32.2. The van der Waals surface area contributed by atoms with Crippen LogP contribution in [0.25, 0.3) is 0 Å². The minimum atomic E-state index is 0.607. The molecule has 2 rings (SSSR count). The molecule has 0 amide bonds. The zero-order valence-corrected chi connectivity index (χ0v) is 13.3. The highest BCUT2D eigenvalue weighted by Gasteiger charge is 2.31. The van der Waals surface area contributed by atoms with Gasteiger partial charge in [-0.05, 0) is 39.2 Å². The molecular formula is C14H26N4S. The number of hydrogen-bond acceptors (Lipinski definition) is 4. The van der Waals surface area contributed by atoms with Crippen molar-refractivity contribution in [1.82, 2.24) is 20.1 Å². The summed E-state index contributed by atoms with van der Waals surface area (Å²) in [5, 5.41) is 13.6. The van der Waals surface area contributed by atoms with Gasteiger partial charge in [-0.2, -0.15) is 0 Å². The highest BCUT2D eigenvalue weighted by Crippen LogP contribution is 2.37. The Labute approximate surface area is 120 Å². The van der Waals surface area contributed by atoms with Gasteiger partial charge in [0.1, 0.15) is 5.82 Å². The van der Waals surface area contributed by atoms with Crippen molar-refractivity contribution in [2.75, 3.05) is 7.05 Å². The van der Waals surface area contributed by atoms with Gasteiger partial charge >= 0.3 is 0 Å². The molecule has 1 aromatic rings. The van der Waals surface area contributed by atoms with Crippen molar-refractivity contribution in [2.45, 2.75) is 62.4 Å². The van der Waals surface area contributed by atoms with Crippen molar-refractivity contribution in [1.29, 1.82) is 0 Å². The van der Waals surface area contributed by atoms with Crippen molar-refractivity contribution in [2.24, 2.45) is 13.0 Å². The Hall–Kier alpha value is -0.550. The summed E-state index contributed by atoms with van der Waals surface area (Å²) >= 11 is 1.90. The van der Waals surface area contributed by atoms with Crippen molar-refractivity contribution >= 4 is 11.8 Å². The van der Waals surface area contributed by atoms with E-state index in [4.69, 9.17) is 0 Å². The van der Waals surface area contributed by atoms with E-state index < -0.39 is 0 Å². The van der Waals surface area contributed by atoms with Gasteiger partial charge in [-0.25, -0.2) is 0 Å². The molecule has 108 valence electrons. The van der Waals surface area contributed by atoms with E-state index in [1.54, 1.807) is 0 Å². The van der Waals surface area contributed by atoms with Crippen LogP contribution in [0.3, 0.4) is 0 Å². The largest absolute Gasteiger partial charge is 0.316 e. The average molecular weight is 282 g/mol. The van der Waals surface area contributed by atoms with Crippen LogP contribution in [0.1, 0.15) is 44.9 Å². The molecule has 1 saturated carbocycles. The van der Waals surface area contributed by atoms with Gasteiger partial charge < -0.3 is 9.88 Å². The smallest absolute Gasteiger partial charge is 0.191 e. The lowest BCUT2D eigenvalue weighted by atomic mass is 9.83. The molecule has 4 nitrogen and oxygen atoms in total. The Morgan fingerprint density at radius 2 is 2.16 bits per heavy atom. The van der Waals surface area contributed by atoms with Gasteiger partial charge in [0.2, 0.25) is 0 Å². The molecule has 3 atom stereocenters. The summed E-state index contributed by atoms with van der Waals surface area (Å²) in [5.41, 5.74) is 0. The summed E-state index contributed by atoms with van der Waals surface area (Å²) in [6, 6.07) is 0.607. The van der Waals surface area contributed by atoms with Gasteiger partial charge in [0.05, 0.1) is 0 Å². The molecule has 0 aliphatic heterocycles. The molecule has 19 heavy (non-hydrogen) atoms. The van der Waals surface area contributed by atoms with Gasteiger partial charge in [-0.15, -0.1) is 10.2 Å². The Kier molecular flexibility index (Phi) is 5.28. The fourth-order valence-corrected chi connectivity index (χ4v) is 4.42. The van der Waals surface area contributed by atoms with Gasteiger partial charge in [-0.1, -0.05) is 31.5 Å². The lowest BCUT2D eigenvalue weighted by molar-refractivity contribution is 0.295. The van der Waals surface area contributed by atoms with E-state index in [1.807, 2.05) is 18.7 Å². The van der Waals surface area contributed by atoms with E-state index >= 15 is 0 Å². The van der Waals surface area contributed by atoms with Crippen LogP contribution < -0.4 is 5.32 Å². The van der Waals surface area contributed by atoms with Crippen LogP contribution in [0.2, 0.25) is 0 Å². The fourth-order valence-electron chi connectivity index (χ4n) is 2.97. The van der Waals surface area contributed by atoms with Crippen molar-refractivity contribution in [3.63, 3.8) is 0 Å². The summed E-state index contributed by atoms with van der Waals surface area (Å²) in [6.45, 7) is 4.30. The SMILES string of the molecule is CCCC1CCC(NC)C(Sc2nnc(C)n2C)C1. The second-order valence-corrected chi connectivity index (χ2v) is 6.81. The number of nitrogens with one attached hydrogen (secondary N) is 1. The van der Waals surface area contributed by atoms with Gasteiger partial charge in [-0.3, -0.25) is 0 Å². The number of nitrogens with zero attached hydrogens (tertiary/aromatic N) is 3. The summed E-state index contributed by atoms with van der Waals surface area (Å²) in [5.74, 6) is 1.88. The first-order chi connectivity index (χ1) is 9.15. The normalized spacial score (nSPS) is 27.7. The summed E-state index contributed by atoms with van der Waals surface area (Å²) in [6.07, 6.45) is 6.63. The minimum absolute atomic E-state index is 0.607. The van der Waals surface area contributed by atoms with Crippen LogP contribution in [-0.4, -0.2) is 33.1 Å². The van der Waals surface area contributed by atoms with Crippen LogP contribution in [0.4, 0.5) is 0 Å². The Morgan fingerprint density at radius 1 is 1.37 bits per heavy atom. The lowest BCUT2D eigenvalue weighted by Gasteiger charge is -2.35. The molecule has 1 fully saturated rings. The number of aromatic nitrogens is 3. The average Bonchev–Trinajstić information content (AvgIpc) is 2.72. The maximum absolute atomic E-state index is 4.30. The highest BCUT2D eigenvalue weighted by molar-refractivity contribution is 7.99. The van der Waals surface area contributed by atoms with Gasteiger partial charge in [0.15, 0.2) is 5.16 Å². The minimum Gasteiger partial charge on any atom is -0.316 e. The van der Waals surface area contributed by atoms with Crippen LogP contribution in [0.5, 0.6) is 0 Å². The van der Waals surface area contributed by atoms with Gasteiger partial charge in [0, 0.05) is 18.3 Å². The lowest BCUT2D eigenvalue weighted by Crippen LogP contribution is -2.40. The maximum atomic E-state index is 4.30. The third kappa shape index (κ3) is 3.51. The van der Waals surface area contributed by atoms with Gasteiger partial charge in [0.25, 0.3) is 0 Å². The Balaban J connectivity index is 2.04. The van der Waals surface area contributed by atoms with E-state index in [9.17, 15) is 0 Å². The van der Waals surface area contributed by atoms with E-state index in [0.717, 1.165) is 16.9 Å². The second-order valence-electron chi connectivity index (χ2n) is 5.61. The van der Waals surface area contributed by atoms with E-state index in [-0.39, 0.29) is 0 Å². The molecule has 1 heterocycles. The topological polar surface area (TPSA) is 42.7 Å². The molecular weight excluding hydrogens is 256 g/mol. The Morgan fingerprint density at radius 3 is 2.74 bits per heavy atom. The number of hydrogen-bond donors (Lipinski definition) is 1. The van der Waals surface area contributed by atoms with Crippen molar-refractivity contribution < 1.29 is 0 Å². The monoisotopic (exact) mass is 282 g/mol. The van der Waals surface area contributed by atoms with E-state index in [0.29, 0.717) is 11.3 Å². The molecule has 0 spiro atoms. The molecule has 1 aliphatic carbocycles. The molecule has 1 aromatic heterocycles. The standard InChI is InChI=1S/C14H26N4S/c1-5-6-11-7-8-12(15-3)13(9-11)19-14-17-16-10(2)18(14)4/h11-13,15H,5-9H2,1-4H3. The van der Waals surface area contributed by atoms with Crippen molar-refractivity contribution in [3.05, 3.63) is 5.82 Å². The van der Waals surface area contributed by atoms with E-state index in [1.165, 1.54) is 32.1 Å². The first-order valence-electron chi connectivity index (χ1n) is 7.35. The molecule has 0 aromatic carbocycles. The molecule has 1 N–H and O–H groups in total. The second kappa shape index (κ2) is 6.75. The molecule has 3 unspecified atom stereocenters. The van der Waals surface area contributed by atoms with E-state index in [2.05, 4.69) is 41.1 Å². The fraction of sp³-hybridized carbons (Fsp3) is 0.857. The zero-order valence-electron chi connectivity index (χ0n) is 12.5. The predicted octanol–water partition coefficient (Wildman–Crippen LogP) is 2.77. The van der Waals surface area contributed by atoms with Crippen LogP contribution >= 0.6 is 11.8 Å². The van der Waals surface area contributed by atoms with Crippen molar-refractivity contribution in [3.8, 4) is 0 Å². The third-order valence-electron chi connectivity index (χ3n) is 4.28. The maximum Gasteiger partial charge on any atom is 0.191 e. The number of rotatable bonds is 5. The molecule has 5 heteroatoms. The van der Waals surface area contributed by atoms with Crippen LogP contribution in [0.15, 0.2) is 5.16 Å². The van der Waals surface area contributed by atoms with Crippen LogP contribution in [-0.2, 0) is 7.05 Å². The molecule has 0 bridgehead atoms. The third-order valence-corrected chi connectivity index (χ3v) is 5.67. The Bertz CT molecular complexity index is 404. The predicted molar refractivity (Wildman–Crippen MR) is 80.5 cm³/mol. The summed E-state index contributed by atoms with van der Waals surface area (Å²) < 4.78 is 2.10. The molecule has 0 saturated heterocycles. The van der Waals surface area contributed by atoms with Crippen LogP contribution in [0, 0.1) is 12.8 Å². The number of aryl methyl sites for hydroxylation is 1. The summed E-state index contributed by atoms with van der Waals surface area (Å²) in [7, 11) is 4.14. The first kappa shape index (κ1) is 14.9. The zero-order chi connectivity index (χ0) is 13.8.